The molecule has 1 aliphatic heterocycles. The van der Waals surface area contributed by atoms with Gasteiger partial charge in [0.2, 0.25) is 20.0 Å². The Morgan fingerprint density at radius 1 is 1.03 bits per heavy atom. The fraction of sp³-hybridized carbons (Fsp3) is 0.450. The predicted molar refractivity (Wildman–Crippen MR) is 112 cm³/mol. The van der Waals surface area contributed by atoms with Gasteiger partial charge in [-0.25, -0.2) is 21.6 Å². The van der Waals surface area contributed by atoms with Crippen LogP contribution in [0.25, 0.3) is 0 Å². The van der Waals surface area contributed by atoms with E-state index in [1.807, 2.05) is 19.9 Å². The van der Waals surface area contributed by atoms with Crippen molar-refractivity contribution in [2.24, 2.45) is 5.92 Å². The molecule has 0 spiro atoms. The number of pyridine rings is 1. The lowest BCUT2D eigenvalue weighted by Crippen LogP contribution is -2.41. The Morgan fingerprint density at radius 2 is 1.69 bits per heavy atom. The van der Waals surface area contributed by atoms with E-state index in [2.05, 4.69) is 9.71 Å². The van der Waals surface area contributed by atoms with Crippen molar-refractivity contribution in [3.8, 4) is 0 Å². The van der Waals surface area contributed by atoms with E-state index in [-0.39, 0.29) is 10.8 Å². The van der Waals surface area contributed by atoms with Crippen LogP contribution >= 0.6 is 0 Å². The van der Waals surface area contributed by atoms with Gasteiger partial charge in [0.25, 0.3) is 0 Å². The van der Waals surface area contributed by atoms with Crippen LogP contribution in [0.2, 0.25) is 0 Å². The van der Waals surface area contributed by atoms with Crippen LogP contribution in [0.1, 0.15) is 29.5 Å². The molecule has 0 amide bonds. The topological polar surface area (TPSA) is 96.4 Å². The molecule has 9 heteroatoms. The summed E-state index contributed by atoms with van der Waals surface area (Å²) in [6.45, 7) is 6.68. The third-order valence-electron chi connectivity index (χ3n) is 5.49. The monoisotopic (exact) mass is 437 g/mol. The van der Waals surface area contributed by atoms with Crippen molar-refractivity contribution in [3.63, 3.8) is 0 Å². The number of hydrogen-bond donors (Lipinski definition) is 1. The van der Waals surface area contributed by atoms with E-state index >= 15 is 0 Å². The summed E-state index contributed by atoms with van der Waals surface area (Å²) in [6.07, 6.45) is 4.10. The van der Waals surface area contributed by atoms with Gasteiger partial charge >= 0.3 is 0 Å². The van der Waals surface area contributed by atoms with Crippen LogP contribution in [0.3, 0.4) is 0 Å². The molecule has 1 N–H and O–H groups in total. The fourth-order valence-electron chi connectivity index (χ4n) is 3.53. The van der Waals surface area contributed by atoms with E-state index < -0.39 is 20.0 Å². The van der Waals surface area contributed by atoms with Crippen molar-refractivity contribution in [2.75, 3.05) is 19.6 Å². The highest BCUT2D eigenvalue weighted by molar-refractivity contribution is 7.89. The first-order valence-corrected chi connectivity index (χ1v) is 12.5. The number of aromatic nitrogens is 1. The standard InChI is InChI=1S/C20H27N3O4S2/c1-15-11-17(3)20(12-16(15)2)28(24,25)22-13-18-6-9-23(10-7-18)29(26,27)19-5-4-8-21-14-19/h4-5,8,11-12,14,18,22H,6-7,9-10,13H2,1-3H3. The second kappa shape index (κ2) is 8.51. The van der Waals surface area contributed by atoms with Crippen LogP contribution in [-0.2, 0) is 20.0 Å². The predicted octanol–water partition coefficient (Wildman–Crippen LogP) is 2.39. The quantitative estimate of drug-likeness (QED) is 0.748. The van der Waals surface area contributed by atoms with Crippen LogP contribution in [0.5, 0.6) is 0 Å². The minimum absolute atomic E-state index is 0.0944. The summed E-state index contributed by atoms with van der Waals surface area (Å²) in [7, 11) is -7.16. The first kappa shape index (κ1) is 21.9. The third-order valence-corrected chi connectivity index (χ3v) is 8.94. The van der Waals surface area contributed by atoms with E-state index in [0.29, 0.717) is 37.4 Å². The molecule has 0 radical (unpaired) electrons. The lowest BCUT2D eigenvalue weighted by molar-refractivity contribution is 0.274. The minimum Gasteiger partial charge on any atom is -0.263 e. The van der Waals surface area contributed by atoms with Crippen molar-refractivity contribution < 1.29 is 16.8 Å². The van der Waals surface area contributed by atoms with Gasteiger partial charge in [-0.15, -0.1) is 0 Å². The highest BCUT2D eigenvalue weighted by Crippen LogP contribution is 2.24. The smallest absolute Gasteiger partial charge is 0.244 e. The Bertz CT molecular complexity index is 1080. The lowest BCUT2D eigenvalue weighted by Gasteiger charge is -2.31. The zero-order valence-corrected chi connectivity index (χ0v) is 18.6. The molecule has 3 rings (SSSR count). The SMILES string of the molecule is Cc1cc(C)c(S(=O)(=O)NCC2CCN(S(=O)(=O)c3cccnc3)CC2)cc1C. The summed E-state index contributed by atoms with van der Waals surface area (Å²) in [5.41, 5.74) is 2.71. The Balaban J connectivity index is 1.61. The highest BCUT2D eigenvalue weighted by Gasteiger charge is 2.30. The van der Waals surface area contributed by atoms with Gasteiger partial charge in [0, 0.05) is 32.0 Å². The Kier molecular flexibility index (Phi) is 6.42. The third kappa shape index (κ3) is 4.85. The summed E-state index contributed by atoms with van der Waals surface area (Å²) in [4.78, 5) is 4.37. The van der Waals surface area contributed by atoms with Crippen LogP contribution < -0.4 is 4.72 Å². The van der Waals surface area contributed by atoms with E-state index in [1.54, 1.807) is 19.1 Å². The van der Waals surface area contributed by atoms with Gasteiger partial charge in [0.05, 0.1) is 4.90 Å². The molecular weight excluding hydrogens is 410 g/mol. The molecular formula is C20H27N3O4S2. The summed E-state index contributed by atoms with van der Waals surface area (Å²) >= 11 is 0. The van der Waals surface area contributed by atoms with Crippen LogP contribution in [0.15, 0.2) is 46.5 Å². The summed E-state index contributed by atoms with van der Waals surface area (Å²) in [5, 5.41) is 0. The fourth-order valence-corrected chi connectivity index (χ4v) is 6.39. The molecule has 1 aromatic heterocycles. The Morgan fingerprint density at radius 3 is 2.31 bits per heavy atom. The van der Waals surface area contributed by atoms with Crippen LogP contribution in [-0.4, -0.2) is 45.8 Å². The van der Waals surface area contributed by atoms with E-state index in [1.165, 1.54) is 22.8 Å². The molecule has 1 fully saturated rings. The number of benzene rings is 1. The molecule has 1 aromatic carbocycles. The first-order chi connectivity index (χ1) is 13.6. The molecule has 0 unspecified atom stereocenters. The van der Waals surface area contributed by atoms with E-state index in [9.17, 15) is 16.8 Å². The number of aryl methyl sites for hydroxylation is 3. The molecule has 158 valence electrons. The van der Waals surface area contributed by atoms with Gasteiger partial charge in [0.15, 0.2) is 0 Å². The maximum Gasteiger partial charge on any atom is 0.244 e. The van der Waals surface area contributed by atoms with Gasteiger partial charge in [-0.1, -0.05) is 6.07 Å². The maximum absolute atomic E-state index is 12.7. The molecule has 0 saturated carbocycles. The lowest BCUT2D eigenvalue weighted by atomic mass is 9.99. The highest BCUT2D eigenvalue weighted by atomic mass is 32.2. The molecule has 0 bridgehead atoms. The number of rotatable bonds is 6. The van der Waals surface area contributed by atoms with E-state index in [4.69, 9.17) is 0 Å². The molecule has 0 aliphatic carbocycles. The Hall–Kier alpha value is -1.81. The molecule has 1 aliphatic rings. The summed E-state index contributed by atoms with van der Waals surface area (Å²) in [5.74, 6) is 0.0944. The second-order valence-electron chi connectivity index (χ2n) is 7.59. The van der Waals surface area contributed by atoms with Gasteiger partial charge in [-0.05, 0) is 74.4 Å². The number of nitrogens with zero attached hydrogens (tertiary/aromatic N) is 2. The van der Waals surface area contributed by atoms with Crippen molar-refractivity contribution >= 4 is 20.0 Å². The maximum atomic E-state index is 12.7. The van der Waals surface area contributed by atoms with Crippen molar-refractivity contribution in [1.29, 1.82) is 0 Å². The van der Waals surface area contributed by atoms with E-state index in [0.717, 1.165) is 16.7 Å². The van der Waals surface area contributed by atoms with Crippen molar-refractivity contribution in [2.45, 2.75) is 43.4 Å². The average Bonchev–Trinajstić information content (AvgIpc) is 2.70. The summed E-state index contributed by atoms with van der Waals surface area (Å²) in [6, 6.07) is 6.72. The second-order valence-corrected chi connectivity index (χ2v) is 11.3. The van der Waals surface area contributed by atoms with Gasteiger partial charge in [-0.2, -0.15) is 4.31 Å². The molecule has 2 aromatic rings. The zero-order valence-electron chi connectivity index (χ0n) is 16.9. The number of hydrogen-bond acceptors (Lipinski definition) is 5. The summed E-state index contributed by atoms with van der Waals surface area (Å²) < 4.78 is 55.0. The largest absolute Gasteiger partial charge is 0.263 e. The first-order valence-electron chi connectivity index (χ1n) is 9.59. The number of nitrogens with one attached hydrogen (secondary N) is 1. The van der Waals surface area contributed by atoms with Crippen LogP contribution in [0.4, 0.5) is 0 Å². The molecule has 7 nitrogen and oxygen atoms in total. The average molecular weight is 438 g/mol. The molecule has 1 saturated heterocycles. The van der Waals surface area contributed by atoms with Crippen molar-refractivity contribution in [3.05, 3.63) is 53.3 Å². The minimum atomic E-state index is -3.60. The molecule has 29 heavy (non-hydrogen) atoms. The van der Waals surface area contributed by atoms with Crippen LogP contribution in [0, 0.1) is 26.7 Å². The van der Waals surface area contributed by atoms with Gasteiger partial charge < -0.3 is 0 Å². The zero-order chi connectivity index (χ0) is 21.2. The van der Waals surface area contributed by atoms with Crippen molar-refractivity contribution in [1.82, 2.24) is 14.0 Å². The molecule has 2 heterocycles. The number of piperidine rings is 1. The normalized spacial score (nSPS) is 16.8. The molecule has 0 atom stereocenters. The van der Waals surface area contributed by atoms with Gasteiger partial charge in [0.1, 0.15) is 4.90 Å². The number of sulfonamides is 2. The Labute approximate surface area is 173 Å². The van der Waals surface area contributed by atoms with Gasteiger partial charge in [-0.3, -0.25) is 4.98 Å².